The number of anilines is 1. The molecule has 182 valence electrons. The Hall–Kier alpha value is -2.82. The summed E-state index contributed by atoms with van der Waals surface area (Å²) in [6, 6.07) is 9.73. The number of hydrogen-bond donors (Lipinski definition) is 1. The van der Waals surface area contributed by atoms with Crippen LogP contribution in [-0.4, -0.2) is 53.0 Å². The van der Waals surface area contributed by atoms with Gasteiger partial charge in [-0.15, -0.1) is 0 Å². The first-order chi connectivity index (χ1) is 15.6. The van der Waals surface area contributed by atoms with E-state index >= 15 is 0 Å². The zero-order chi connectivity index (χ0) is 24.6. The molecule has 0 aromatic heterocycles. The van der Waals surface area contributed by atoms with Crippen molar-refractivity contribution in [3.05, 3.63) is 36.4 Å². The van der Waals surface area contributed by atoms with Crippen molar-refractivity contribution >= 4 is 44.2 Å². The van der Waals surface area contributed by atoms with Gasteiger partial charge in [0, 0.05) is 31.9 Å². The highest BCUT2D eigenvalue weighted by Crippen LogP contribution is 2.31. The number of carbonyl (C=O) groups is 3. The van der Waals surface area contributed by atoms with Crippen LogP contribution in [0.3, 0.4) is 0 Å². The summed E-state index contributed by atoms with van der Waals surface area (Å²) in [4.78, 5) is 36.3. The Morgan fingerprint density at radius 2 is 1.73 bits per heavy atom. The van der Waals surface area contributed by atoms with E-state index < -0.39 is 34.0 Å². The van der Waals surface area contributed by atoms with Crippen LogP contribution >= 0.6 is 0 Å². The Kier molecular flexibility index (Phi) is 9.51. The van der Waals surface area contributed by atoms with Gasteiger partial charge in [-0.3, -0.25) is 8.98 Å². The van der Waals surface area contributed by atoms with Crippen LogP contribution in [0.15, 0.2) is 41.3 Å². The quantitative estimate of drug-likeness (QED) is 0.362. The van der Waals surface area contributed by atoms with E-state index in [9.17, 15) is 22.8 Å². The molecule has 0 spiro atoms. The maximum Gasteiger partial charge on any atom is 0.334 e. The standard InChI is InChI=1S/C23H29NO8S.H2/c1-15(25)11-12-18(13-14-32-23(27)16(2)30-3)22(26)24-19-9-5-7-17-8-6-10-20(21(17)19)33(28,29)31-4;/h5-10,16,18H,11-14H2,1-4H3,(H,24,26);1H. The van der Waals surface area contributed by atoms with E-state index in [1.165, 1.54) is 20.1 Å². The Balaban J connectivity index is 0.00000578. The van der Waals surface area contributed by atoms with E-state index in [1.807, 2.05) is 0 Å². The molecule has 1 N–H and O–H groups in total. The molecule has 2 unspecified atom stereocenters. The zero-order valence-electron chi connectivity index (χ0n) is 19.1. The number of esters is 1. The Morgan fingerprint density at radius 1 is 1.06 bits per heavy atom. The molecule has 0 bridgehead atoms. The summed E-state index contributed by atoms with van der Waals surface area (Å²) in [6.45, 7) is 2.96. The summed E-state index contributed by atoms with van der Waals surface area (Å²) in [5, 5.41) is 3.71. The molecule has 2 rings (SSSR count). The third-order valence-corrected chi connectivity index (χ3v) is 6.54. The van der Waals surface area contributed by atoms with Gasteiger partial charge in [0.15, 0.2) is 6.10 Å². The molecule has 0 fully saturated rings. The normalized spacial score (nSPS) is 13.3. The lowest BCUT2D eigenvalue weighted by molar-refractivity contribution is -0.155. The fourth-order valence-electron chi connectivity index (χ4n) is 3.24. The third kappa shape index (κ3) is 7.08. The van der Waals surface area contributed by atoms with E-state index in [1.54, 1.807) is 37.3 Å². The first kappa shape index (κ1) is 26.4. The Bertz CT molecular complexity index is 1110. The van der Waals surface area contributed by atoms with Gasteiger partial charge in [-0.05, 0) is 44.2 Å². The smallest absolute Gasteiger partial charge is 0.334 e. The number of Topliss-reactive ketones (excluding diaryl/α,β-unsaturated/α-hetero) is 1. The van der Waals surface area contributed by atoms with Crippen molar-refractivity contribution in [3.63, 3.8) is 0 Å². The third-order valence-electron chi connectivity index (χ3n) is 5.22. The van der Waals surface area contributed by atoms with Crippen LogP contribution in [0.25, 0.3) is 10.8 Å². The summed E-state index contributed by atoms with van der Waals surface area (Å²) in [6.07, 6.45) is -0.104. The molecule has 0 saturated heterocycles. The van der Waals surface area contributed by atoms with Crippen LogP contribution in [0.2, 0.25) is 0 Å². The number of benzene rings is 2. The molecule has 10 heteroatoms. The van der Waals surface area contributed by atoms with Crippen molar-refractivity contribution in [2.45, 2.75) is 44.1 Å². The minimum absolute atomic E-state index is 0. The minimum atomic E-state index is -4.02. The minimum Gasteiger partial charge on any atom is -0.464 e. The summed E-state index contributed by atoms with van der Waals surface area (Å²) >= 11 is 0. The molecule has 2 aromatic rings. The second kappa shape index (κ2) is 11.9. The highest BCUT2D eigenvalue weighted by atomic mass is 32.2. The molecule has 0 aliphatic heterocycles. The van der Waals surface area contributed by atoms with Crippen molar-refractivity contribution in [1.29, 1.82) is 0 Å². The monoisotopic (exact) mass is 481 g/mol. The number of ketones is 1. The summed E-state index contributed by atoms with van der Waals surface area (Å²) in [5.74, 6) is -1.67. The second-order valence-electron chi connectivity index (χ2n) is 7.54. The molecule has 9 nitrogen and oxygen atoms in total. The molecule has 0 radical (unpaired) electrons. The van der Waals surface area contributed by atoms with Crippen molar-refractivity contribution < 1.29 is 37.9 Å². The van der Waals surface area contributed by atoms with E-state index in [4.69, 9.17) is 9.47 Å². The maximum absolute atomic E-state index is 13.1. The average molecular weight is 482 g/mol. The van der Waals surface area contributed by atoms with Gasteiger partial charge in [0.25, 0.3) is 10.1 Å². The second-order valence-corrected chi connectivity index (χ2v) is 9.22. The van der Waals surface area contributed by atoms with Crippen LogP contribution in [-0.2, 0) is 38.2 Å². The number of methoxy groups -OCH3 is 1. The lowest BCUT2D eigenvalue weighted by Crippen LogP contribution is -2.27. The summed E-state index contributed by atoms with van der Waals surface area (Å²) in [7, 11) is -1.57. The van der Waals surface area contributed by atoms with Crippen LogP contribution < -0.4 is 5.32 Å². The SMILES string of the molecule is COC(C)C(=O)OCCC(CCC(C)=O)C(=O)Nc1cccc2cccc(S(=O)(=O)OC)c12.[HH]. The molecular weight excluding hydrogens is 450 g/mol. The van der Waals surface area contributed by atoms with Gasteiger partial charge in [-0.1, -0.05) is 24.3 Å². The van der Waals surface area contributed by atoms with Crippen LogP contribution in [0.5, 0.6) is 0 Å². The molecule has 0 aliphatic rings. The van der Waals surface area contributed by atoms with Crippen LogP contribution in [0.4, 0.5) is 5.69 Å². The number of carbonyl (C=O) groups excluding carboxylic acids is 3. The molecule has 0 heterocycles. The Labute approximate surface area is 195 Å². The van der Waals surface area contributed by atoms with Gasteiger partial charge in [0.05, 0.1) is 13.7 Å². The van der Waals surface area contributed by atoms with Crippen molar-refractivity contribution in [1.82, 2.24) is 0 Å². The van der Waals surface area contributed by atoms with E-state index in [2.05, 4.69) is 9.50 Å². The van der Waals surface area contributed by atoms with Gasteiger partial charge < -0.3 is 19.6 Å². The number of fused-ring (bicyclic) bond motifs is 1. The molecule has 1 amide bonds. The number of amides is 1. The summed E-state index contributed by atoms with van der Waals surface area (Å²) < 4.78 is 39.6. The zero-order valence-corrected chi connectivity index (χ0v) is 19.9. The molecule has 2 atom stereocenters. The molecule has 33 heavy (non-hydrogen) atoms. The van der Waals surface area contributed by atoms with Crippen molar-refractivity contribution in [3.8, 4) is 0 Å². The average Bonchev–Trinajstić information content (AvgIpc) is 2.79. The molecule has 0 aliphatic carbocycles. The number of ether oxygens (including phenoxy) is 2. The fourth-order valence-corrected chi connectivity index (χ4v) is 4.15. The largest absolute Gasteiger partial charge is 0.464 e. The van der Waals surface area contributed by atoms with Gasteiger partial charge in [0.1, 0.15) is 10.7 Å². The predicted octanol–water partition coefficient (Wildman–Crippen LogP) is 3.31. The fraction of sp³-hybridized carbons (Fsp3) is 0.435. The number of nitrogens with one attached hydrogen (secondary N) is 1. The highest BCUT2D eigenvalue weighted by molar-refractivity contribution is 7.87. The molecular formula is C23H31NO8S. The van der Waals surface area contributed by atoms with E-state index in [0.717, 1.165) is 7.11 Å². The molecule has 0 saturated carbocycles. The maximum atomic E-state index is 13.1. The number of rotatable bonds is 12. The first-order valence-corrected chi connectivity index (χ1v) is 11.8. The highest BCUT2D eigenvalue weighted by Gasteiger charge is 2.24. The van der Waals surface area contributed by atoms with E-state index in [-0.39, 0.29) is 38.0 Å². The van der Waals surface area contributed by atoms with Gasteiger partial charge in [-0.25, -0.2) is 4.79 Å². The lowest BCUT2D eigenvalue weighted by atomic mass is 9.97. The van der Waals surface area contributed by atoms with Crippen LogP contribution in [0, 0.1) is 5.92 Å². The first-order valence-electron chi connectivity index (χ1n) is 10.4. The van der Waals surface area contributed by atoms with Gasteiger partial charge >= 0.3 is 5.97 Å². The van der Waals surface area contributed by atoms with Crippen molar-refractivity contribution in [2.24, 2.45) is 5.92 Å². The summed E-state index contributed by atoms with van der Waals surface area (Å²) in [5.41, 5.74) is 0.298. The van der Waals surface area contributed by atoms with Gasteiger partial charge in [-0.2, -0.15) is 8.42 Å². The van der Waals surface area contributed by atoms with E-state index in [0.29, 0.717) is 16.5 Å². The predicted molar refractivity (Wildman–Crippen MR) is 124 cm³/mol. The number of hydrogen-bond acceptors (Lipinski definition) is 8. The van der Waals surface area contributed by atoms with Crippen molar-refractivity contribution in [2.75, 3.05) is 26.1 Å². The topological polar surface area (TPSA) is 125 Å². The van der Waals surface area contributed by atoms with Gasteiger partial charge in [0.2, 0.25) is 5.91 Å². The molecule has 2 aromatic carbocycles. The lowest BCUT2D eigenvalue weighted by Gasteiger charge is -2.18. The Morgan fingerprint density at radius 3 is 2.33 bits per heavy atom. The van der Waals surface area contributed by atoms with Crippen LogP contribution in [0.1, 0.15) is 34.5 Å².